The van der Waals surface area contributed by atoms with Gasteiger partial charge in [-0.15, -0.1) is 0 Å². The lowest BCUT2D eigenvalue weighted by Crippen LogP contribution is -2.22. The molecule has 2 atom stereocenters. The van der Waals surface area contributed by atoms with E-state index in [2.05, 4.69) is 5.32 Å². The van der Waals surface area contributed by atoms with Crippen molar-refractivity contribution in [2.24, 2.45) is 5.73 Å². The summed E-state index contributed by atoms with van der Waals surface area (Å²) in [7, 11) is 0. The highest BCUT2D eigenvalue weighted by atomic mass is 16.6. The van der Waals surface area contributed by atoms with E-state index in [9.17, 15) is 4.79 Å². The molecule has 1 aliphatic heterocycles. The van der Waals surface area contributed by atoms with Crippen molar-refractivity contribution in [2.75, 3.05) is 13.2 Å². The first-order valence-electron chi connectivity index (χ1n) is 5.99. The van der Waals surface area contributed by atoms with Crippen molar-refractivity contribution in [2.45, 2.75) is 26.0 Å². The SMILES string of the molecule is Cc1ccc(OCC2CNC(=O)O2)c([C@H](C)N)c1. The second-order valence-corrected chi connectivity index (χ2v) is 4.55. The van der Waals surface area contributed by atoms with Gasteiger partial charge in [0.25, 0.3) is 0 Å². The lowest BCUT2D eigenvalue weighted by atomic mass is 10.1. The number of aryl methyl sites for hydroxylation is 1. The number of carbonyl (C=O) groups excluding carboxylic acids is 1. The quantitative estimate of drug-likeness (QED) is 0.849. The van der Waals surface area contributed by atoms with Gasteiger partial charge in [-0.05, 0) is 19.9 Å². The molecule has 0 radical (unpaired) electrons. The minimum Gasteiger partial charge on any atom is -0.489 e. The second-order valence-electron chi connectivity index (χ2n) is 4.55. The number of nitrogens with two attached hydrogens (primary N) is 1. The molecular formula is C13H18N2O3. The van der Waals surface area contributed by atoms with E-state index in [1.54, 1.807) is 0 Å². The largest absolute Gasteiger partial charge is 0.489 e. The third kappa shape index (κ3) is 2.92. The van der Waals surface area contributed by atoms with Crippen LogP contribution in [0.25, 0.3) is 0 Å². The molecular weight excluding hydrogens is 232 g/mol. The molecule has 0 bridgehead atoms. The van der Waals surface area contributed by atoms with Crippen molar-refractivity contribution < 1.29 is 14.3 Å². The molecule has 1 saturated heterocycles. The third-order valence-corrected chi connectivity index (χ3v) is 2.83. The molecule has 0 aliphatic carbocycles. The van der Waals surface area contributed by atoms with Crippen LogP contribution in [0.15, 0.2) is 18.2 Å². The Bertz CT molecular complexity index is 446. The zero-order valence-corrected chi connectivity index (χ0v) is 10.6. The molecule has 2 rings (SSSR count). The van der Waals surface area contributed by atoms with Crippen LogP contribution in [-0.4, -0.2) is 25.3 Å². The predicted octanol–water partition coefficient (Wildman–Crippen LogP) is 1.50. The summed E-state index contributed by atoms with van der Waals surface area (Å²) in [6.45, 7) is 4.75. The Morgan fingerprint density at radius 3 is 3.00 bits per heavy atom. The van der Waals surface area contributed by atoms with Crippen molar-refractivity contribution >= 4 is 6.09 Å². The molecule has 1 amide bonds. The lowest BCUT2D eigenvalue weighted by Gasteiger charge is -2.16. The smallest absolute Gasteiger partial charge is 0.407 e. The number of amides is 1. The van der Waals surface area contributed by atoms with Gasteiger partial charge in [0.2, 0.25) is 0 Å². The molecule has 1 unspecified atom stereocenters. The standard InChI is InChI=1S/C13H18N2O3/c1-8-3-4-12(11(5-8)9(2)14)17-7-10-6-15-13(16)18-10/h3-5,9-10H,6-7,14H2,1-2H3,(H,15,16)/t9-,10?/m0/s1. The first-order valence-corrected chi connectivity index (χ1v) is 5.99. The summed E-state index contributed by atoms with van der Waals surface area (Å²) in [6, 6.07) is 5.79. The Morgan fingerprint density at radius 1 is 1.61 bits per heavy atom. The Hall–Kier alpha value is -1.75. The number of ether oxygens (including phenoxy) is 2. The molecule has 0 spiro atoms. The third-order valence-electron chi connectivity index (χ3n) is 2.83. The van der Waals surface area contributed by atoms with E-state index in [0.717, 1.165) is 16.9 Å². The van der Waals surface area contributed by atoms with Crippen molar-refractivity contribution in [3.8, 4) is 5.75 Å². The zero-order chi connectivity index (χ0) is 13.1. The maximum Gasteiger partial charge on any atom is 0.407 e. The van der Waals surface area contributed by atoms with E-state index in [0.29, 0.717) is 13.2 Å². The number of carbonyl (C=O) groups is 1. The minimum absolute atomic E-state index is 0.0934. The van der Waals surface area contributed by atoms with Crippen molar-refractivity contribution in [3.05, 3.63) is 29.3 Å². The molecule has 1 aromatic rings. The summed E-state index contributed by atoms with van der Waals surface area (Å²) in [4.78, 5) is 10.9. The van der Waals surface area contributed by atoms with Crippen molar-refractivity contribution in [1.82, 2.24) is 5.32 Å². The highest BCUT2D eigenvalue weighted by Gasteiger charge is 2.23. The lowest BCUT2D eigenvalue weighted by molar-refractivity contribution is 0.104. The number of hydrogen-bond donors (Lipinski definition) is 2. The summed E-state index contributed by atoms with van der Waals surface area (Å²) in [6.07, 6.45) is -0.625. The van der Waals surface area contributed by atoms with Crippen LogP contribution in [0.4, 0.5) is 4.79 Å². The summed E-state index contributed by atoms with van der Waals surface area (Å²) < 4.78 is 10.7. The van der Waals surface area contributed by atoms with E-state index in [1.807, 2.05) is 32.0 Å². The second kappa shape index (κ2) is 5.27. The van der Waals surface area contributed by atoms with Crippen LogP contribution >= 0.6 is 0 Å². The number of hydrogen-bond acceptors (Lipinski definition) is 4. The molecule has 1 aromatic carbocycles. The fourth-order valence-corrected chi connectivity index (χ4v) is 1.86. The average Bonchev–Trinajstić information content (AvgIpc) is 2.73. The molecule has 1 aliphatic rings. The molecule has 18 heavy (non-hydrogen) atoms. The molecule has 98 valence electrons. The predicted molar refractivity (Wildman–Crippen MR) is 67.5 cm³/mol. The van der Waals surface area contributed by atoms with Gasteiger partial charge in [0, 0.05) is 11.6 Å². The van der Waals surface area contributed by atoms with Gasteiger partial charge in [0.1, 0.15) is 12.4 Å². The van der Waals surface area contributed by atoms with Gasteiger partial charge >= 0.3 is 6.09 Å². The highest BCUT2D eigenvalue weighted by Crippen LogP contribution is 2.25. The maximum atomic E-state index is 10.9. The van der Waals surface area contributed by atoms with Gasteiger partial charge < -0.3 is 20.5 Å². The van der Waals surface area contributed by atoms with Crippen molar-refractivity contribution in [1.29, 1.82) is 0 Å². The van der Waals surface area contributed by atoms with Gasteiger partial charge in [-0.1, -0.05) is 17.7 Å². The Kier molecular flexibility index (Phi) is 3.72. The van der Waals surface area contributed by atoms with Crippen LogP contribution in [0.2, 0.25) is 0 Å². The van der Waals surface area contributed by atoms with Crippen LogP contribution in [0.3, 0.4) is 0 Å². The molecule has 5 heteroatoms. The van der Waals surface area contributed by atoms with Gasteiger partial charge in [-0.25, -0.2) is 4.79 Å². The number of cyclic esters (lactones) is 1. The van der Waals surface area contributed by atoms with Gasteiger partial charge in [-0.3, -0.25) is 0 Å². The molecule has 0 aromatic heterocycles. The molecule has 5 nitrogen and oxygen atoms in total. The van der Waals surface area contributed by atoms with E-state index in [1.165, 1.54) is 0 Å². The number of benzene rings is 1. The topological polar surface area (TPSA) is 73.6 Å². The fourth-order valence-electron chi connectivity index (χ4n) is 1.86. The Balaban J connectivity index is 2.02. The van der Waals surface area contributed by atoms with Gasteiger partial charge in [-0.2, -0.15) is 0 Å². The number of rotatable bonds is 4. The van der Waals surface area contributed by atoms with Crippen LogP contribution in [0.5, 0.6) is 5.75 Å². The molecule has 3 N–H and O–H groups in total. The Labute approximate surface area is 106 Å². The van der Waals surface area contributed by atoms with Crippen LogP contribution in [0.1, 0.15) is 24.1 Å². The first kappa shape index (κ1) is 12.7. The summed E-state index contributed by atoms with van der Waals surface area (Å²) in [5.74, 6) is 0.749. The van der Waals surface area contributed by atoms with Crippen LogP contribution in [0, 0.1) is 6.92 Å². The number of nitrogens with one attached hydrogen (secondary N) is 1. The van der Waals surface area contributed by atoms with E-state index >= 15 is 0 Å². The maximum absolute atomic E-state index is 10.9. The summed E-state index contributed by atoms with van der Waals surface area (Å²) >= 11 is 0. The fraction of sp³-hybridized carbons (Fsp3) is 0.462. The molecule has 0 saturated carbocycles. The summed E-state index contributed by atoms with van der Waals surface area (Å²) in [5, 5.41) is 2.59. The van der Waals surface area contributed by atoms with E-state index in [4.69, 9.17) is 15.2 Å². The normalized spacial score (nSPS) is 20.2. The molecule has 1 heterocycles. The number of alkyl carbamates (subject to hydrolysis) is 1. The minimum atomic E-state index is -0.389. The highest BCUT2D eigenvalue weighted by molar-refractivity contribution is 5.69. The molecule has 1 fully saturated rings. The van der Waals surface area contributed by atoms with E-state index in [-0.39, 0.29) is 18.2 Å². The first-order chi connectivity index (χ1) is 8.56. The van der Waals surface area contributed by atoms with Gasteiger partial charge in [0.15, 0.2) is 6.10 Å². The average molecular weight is 250 g/mol. The van der Waals surface area contributed by atoms with Crippen molar-refractivity contribution in [3.63, 3.8) is 0 Å². The Morgan fingerprint density at radius 2 is 2.39 bits per heavy atom. The van der Waals surface area contributed by atoms with E-state index < -0.39 is 0 Å². The monoisotopic (exact) mass is 250 g/mol. The zero-order valence-electron chi connectivity index (χ0n) is 10.6. The van der Waals surface area contributed by atoms with Crippen LogP contribution in [-0.2, 0) is 4.74 Å². The summed E-state index contributed by atoms with van der Waals surface area (Å²) in [5.41, 5.74) is 8.02. The van der Waals surface area contributed by atoms with Gasteiger partial charge in [0.05, 0.1) is 6.54 Å². The van der Waals surface area contributed by atoms with Crippen LogP contribution < -0.4 is 15.8 Å².